The zero-order valence-corrected chi connectivity index (χ0v) is 15.7. The van der Waals surface area contributed by atoms with Gasteiger partial charge in [0.1, 0.15) is 5.82 Å². The number of hydrogen-bond donors (Lipinski definition) is 1. The van der Waals surface area contributed by atoms with E-state index in [0.717, 1.165) is 4.90 Å². The Hall–Kier alpha value is -3.55. The van der Waals surface area contributed by atoms with Crippen molar-refractivity contribution in [2.24, 2.45) is 0 Å². The monoisotopic (exact) mass is 398 g/mol. The first-order chi connectivity index (χ1) is 13.9. The van der Waals surface area contributed by atoms with Crippen LogP contribution < -0.4 is 5.32 Å². The molecule has 3 rings (SSSR count). The lowest BCUT2D eigenvalue weighted by atomic mass is 10.1. The van der Waals surface area contributed by atoms with E-state index in [2.05, 4.69) is 5.32 Å². The van der Waals surface area contributed by atoms with E-state index in [9.17, 15) is 23.6 Å². The molecule has 7 nitrogen and oxygen atoms in total. The molecule has 0 atom stereocenters. The molecule has 0 unspecified atom stereocenters. The quantitative estimate of drug-likeness (QED) is 0.572. The maximum Gasteiger partial charge on any atom is 0.306 e. The number of amides is 3. The molecule has 0 aromatic heterocycles. The molecule has 2 aromatic rings. The van der Waals surface area contributed by atoms with Gasteiger partial charge in [-0.25, -0.2) is 4.39 Å². The van der Waals surface area contributed by atoms with E-state index in [1.165, 1.54) is 12.1 Å². The van der Waals surface area contributed by atoms with Crippen molar-refractivity contribution in [3.8, 4) is 0 Å². The highest BCUT2D eigenvalue weighted by Crippen LogP contribution is 2.22. The van der Waals surface area contributed by atoms with Crippen LogP contribution in [0.2, 0.25) is 0 Å². The van der Waals surface area contributed by atoms with Gasteiger partial charge in [-0.1, -0.05) is 18.2 Å². The number of benzene rings is 2. The first-order valence-corrected chi connectivity index (χ1v) is 9.03. The smallest absolute Gasteiger partial charge is 0.306 e. The number of nitrogens with one attached hydrogen (secondary N) is 1. The lowest BCUT2D eigenvalue weighted by Crippen LogP contribution is -2.31. The number of imide groups is 1. The number of carbonyl (C=O) groups is 4. The number of aryl methyl sites for hydroxylation is 1. The maximum absolute atomic E-state index is 13.7. The minimum atomic E-state index is -0.665. The van der Waals surface area contributed by atoms with Gasteiger partial charge in [-0.05, 0) is 43.2 Å². The van der Waals surface area contributed by atoms with Crippen LogP contribution in [0, 0.1) is 12.7 Å². The van der Waals surface area contributed by atoms with Crippen LogP contribution in [0.5, 0.6) is 0 Å². The lowest BCUT2D eigenvalue weighted by molar-refractivity contribution is -0.147. The summed E-state index contributed by atoms with van der Waals surface area (Å²) in [5.41, 5.74) is 1.41. The van der Waals surface area contributed by atoms with Crippen molar-refractivity contribution in [3.05, 3.63) is 65.0 Å². The number of nitrogens with zero attached hydrogens (tertiary/aromatic N) is 1. The predicted octanol–water partition coefficient (Wildman–Crippen LogP) is 2.69. The van der Waals surface area contributed by atoms with E-state index < -0.39 is 36.1 Å². The van der Waals surface area contributed by atoms with Gasteiger partial charge in [0, 0.05) is 13.0 Å². The van der Waals surface area contributed by atoms with Gasteiger partial charge in [-0.2, -0.15) is 0 Å². The first-order valence-electron chi connectivity index (χ1n) is 9.03. The molecule has 0 spiro atoms. The van der Waals surface area contributed by atoms with Crippen molar-refractivity contribution < 1.29 is 28.3 Å². The summed E-state index contributed by atoms with van der Waals surface area (Å²) in [6, 6.07) is 10.9. The van der Waals surface area contributed by atoms with Crippen LogP contribution in [-0.2, 0) is 14.3 Å². The second kappa shape index (κ2) is 8.64. The van der Waals surface area contributed by atoms with Crippen LogP contribution in [0.3, 0.4) is 0 Å². The molecule has 29 heavy (non-hydrogen) atoms. The van der Waals surface area contributed by atoms with Gasteiger partial charge in [-0.3, -0.25) is 24.1 Å². The molecule has 1 heterocycles. The van der Waals surface area contributed by atoms with Gasteiger partial charge in [0.25, 0.3) is 17.7 Å². The van der Waals surface area contributed by atoms with E-state index in [0.29, 0.717) is 16.7 Å². The van der Waals surface area contributed by atoms with Gasteiger partial charge < -0.3 is 10.1 Å². The molecule has 150 valence electrons. The van der Waals surface area contributed by atoms with Crippen LogP contribution in [0.4, 0.5) is 10.1 Å². The van der Waals surface area contributed by atoms with E-state index in [1.807, 2.05) is 0 Å². The number of anilines is 1. The summed E-state index contributed by atoms with van der Waals surface area (Å²) in [5, 5.41) is 2.33. The van der Waals surface area contributed by atoms with Crippen LogP contribution in [0.15, 0.2) is 42.5 Å². The molecule has 0 saturated carbocycles. The molecule has 1 aliphatic rings. The number of ether oxygens (including phenoxy) is 1. The van der Waals surface area contributed by atoms with Crippen molar-refractivity contribution in [3.63, 3.8) is 0 Å². The number of esters is 1. The summed E-state index contributed by atoms with van der Waals surface area (Å²) in [5.74, 6) is -2.68. The zero-order chi connectivity index (χ0) is 21.0. The Labute approximate surface area is 166 Å². The third-order valence-electron chi connectivity index (χ3n) is 4.40. The van der Waals surface area contributed by atoms with Gasteiger partial charge in [0.2, 0.25) is 0 Å². The zero-order valence-electron chi connectivity index (χ0n) is 15.7. The Morgan fingerprint density at radius 3 is 2.34 bits per heavy atom. The Bertz CT molecular complexity index is 954. The highest BCUT2D eigenvalue weighted by atomic mass is 19.1. The minimum Gasteiger partial charge on any atom is -0.456 e. The molecule has 0 fully saturated rings. The fourth-order valence-corrected chi connectivity index (χ4v) is 2.95. The van der Waals surface area contributed by atoms with Crippen molar-refractivity contribution in [2.45, 2.75) is 19.8 Å². The third-order valence-corrected chi connectivity index (χ3v) is 4.40. The molecule has 0 aliphatic carbocycles. The van der Waals surface area contributed by atoms with E-state index >= 15 is 0 Å². The average Bonchev–Trinajstić information content (AvgIpc) is 2.94. The Morgan fingerprint density at radius 2 is 1.72 bits per heavy atom. The van der Waals surface area contributed by atoms with E-state index in [1.54, 1.807) is 37.3 Å². The van der Waals surface area contributed by atoms with Gasteiger partial charge in [0.05, 0.1) is 16.8 Å². The summed E-state index contributed by atoms with van der Waals surface area (Å²) < 4.78 is 18.6. The SMILES string of the molecule is Cc1ccc(NC(=O)COC(=O)CCCN2C(=O)c3ccccc3C2=O)c(F)c1. The molecule has 8 heteroatoms. The standard InChI is InChI=1S/C21H19FN2O5/c1-13-8-9-17(16(22)11-13)23-18(25)12-29-19(26)7-4-10-24-20(27)14-5-2-3-6-15(14)21(24)28/h2-3,5-6,8-9,11H,4,7,10,12H2,1H3,(H,23,25). The lowest BCUT2D eigenvalue weighted by Gasteiger charge is -2.13. The molecule has 0 radical (unpaired) electrons. The van der Waals surface area contributed by atoms with Crippen molar-refractivity contribution in [2.75, 3.05) is 18.5 Å². The number of hydrogen-bond acceptors (Lipinski definition) is 5. The normalized spacial score (nSPS) is 12.7. The topological polar surface area (TPSA) is 92.8 Å². The number of fused-ring (bicyclic) bond motifs is 1. The number of rotatable bonds is 7. The Morgan fingerprint density at radius 1 is 1.07 bits per heavy atom. The van der Waals surface area contributed by atoms with Crippen LogP contribution in [-0.4, -0.2) is 41.7 Å². The Balaban J connectivity index is 1.41. The highest BCUT2D eigenvalue weighted by molar-refractivity contribution is 6.21. The van der Waals surface area contributed by atoms with Crippen molar-refractivity contribution in [1.82, 2.24) is 4.90 Å². The van der Waals surface area contributed by atoms with Crippen molar-refractivity contribution >= 4 is 29.4 Å². The van der Waals surface area contributed by atoms with E-state index in [-0.39, 0.29) is 25.1 Å². The van der Waals surface area contributed by atoms with E-state index in [4.69, 9.17) is 4.74 Å². The number of halogens is 1. The van der Waals surface area contributed by atoms with Crippen molar-refractivity contribution in [1.29, 1.82) is 0 Å². The van der Waals surface area contributed by atoms with Gasteiger partial charge >= 0.3 is 5.97 Å². The molecule has 0 saturated heterocycles. The summed E-state index contributed by atoms with van der Waals surface area (Å²) >= 11 is 0. The summed E-state index contributed by atoms with van der Waals surface area (Å²) in [6.07, 6.45) is 0.137. The van der Waals surface area contributed by atoms with Crippen LogP contribution >= 0.6 is 0 Å². The summed E-state index contributed by atoms with van der Waals surface area (Å²) in [7, 11) is 0. The Kier molecular flexibility index (Phi) is 6.01. The predicted molar refractivity (Wildman–Crippen MR) is 102 cm³/mol. The molecular weight excluding hydrogens is 379 g/mol. The van der Waals surface area contributed by atoms with Gasteiger partial charge in [-0.15, -0.1) is 0 Å². The second-order valence-corrected chi connectivity index (χ2v) is 6.60. The minimum absolute atomic E-state index is 0.00210. The largest absolute Gasteiger partial charge is 0.456 e. The first kappa shape index (κ1) is 20.2. The fourth-order valence-electron chi connectivity index (χ4n) is 2.95. The number of carbonyl (C=O) groups excluding carboxylic acids is 4. The highest BCUT2D eigenvalue weighted by Gasteiger charge is 2.34. The summed E-state index contributed by atoms with van der Waals surface area (Å²) in [6.45, 7) is 1.24. The molecular formula is C21H19FN2O5. The average molecular weight is 398 g/mol. The molecule has 1 aliphatic heterocycles. The van der Waals surface area contributed by atoms with Crippen LogP contribution in [0.1, 0.15) is 39.1 Å². The molecule has 0 bridgehead atoms. The van der Waals surface area contributed by atoms with Crippen LogP contribution in [0.25, 0.3) is 0 Å². The molecule has 2 aromatic carbocycles. The third kappa shape index (κ3) is 4.66. The second-order valence-electron chi connectivity index (χ2n) is 6.60. The fraction of sp³-hybridized carbons (Fsp3) is 0.238. The maximum atomic E-state index is 13.7. The van der Waals surface area contributed by atoms with Gasteiger partial charge in [0.15, 0.2) is 6.61 Å². The molecule has 3 amide bonds. The molecule has 1 N–H and O–H groups in total. The summed E-state index contributed by atoms with van der Waals surface area (Å²) in [4.78, 5) is 49.1.